The lowest BCUT2D eigenvalue weighted by Crippen LogP contribution is -2.12. The topological polar surface area (TPSA) is 166 Å². The van der Waals surface area contributed by atoms with Gasteiger partial charge in [0, 0.05) is 53.6 Å². The summed E-state index contributed by atoms with van der Waals surface area (Å²) in [7, 11) is -3.02. The number of sulfone groups is 1. The fraction of sp³-hybridized carbons (Fsp3) is 0.179. The normalized spacial score (nSPS) is 12.0. The highest BCUT2D eigenvalue weighted by atomic mass is 32.2. The van der Waals surface area contributed by atoms with Crippen LogP contribution >= 0.6 is 0 Å². The van der Waals surface area contributed by atoms with Crippen molar-refractivity contribution in [3.8, 4) is 33.9 Å². The molecule has 0 bridgehead atoms. The molecule has 0 spiro atoms. The van der Waals surface area contributed by atoms with E-state index in [1.54, 1.807) is 58.2 Å². The molecule has 0 aliphatic heterocycles. The quantitative estimate of drug-likeness (QED) is 0.196. The molecule has 0 saturated heterocycles. The van der Waals surface area contributed by atoms with E-state index in [4.69, 9.17) is 5.14 Å². The summed E-state index contributed by atoms with van der Waals surface area (Å²) in [6.07, 6.45) is 6.49. The van der Waals surface area contributed by atoms with Crippen molar-refractivity contribution in [3.05, 3.63) is 121 Å². The van der Waals surface area contributed by atoms with Crippen LogP contribution in [0.1, 0.15) is 25.2 Å². The van der Waals surface area contributed by atoms with Gasteiger partial charge in [-0.3, -0.25) is 9.36 Å². The maximum atomic E-state index is 11.7. The van der Waals surface area contributed by atoms with Gasteiger partial charge in [0.1, 0.15) is 0 Å². The minimum Gasteiger partial charge on any atom is -0.271 e. The molecule has 4 aromatic carbocycles. The Labute approximate surface area is 313 Å². The number of hydrogen-bond acceptors (Lipinski definition) is 8. The molecule has 8 aromatic rings. The Hall–Kier alpha value is -5.90. The summed E-state index contributed by atoms with van der Waals surface area (Å²) in [5.74, 6) is 0. The van der Waals surface area contributed by atoms with Crippen molar-refractivity contribution in [1.82, 2.24) is 39.1 Å². The zero-order valence-electron chi connectivity index (χ0n) is 30.4. The molecule has 0 atom stereocenters. The smallest absolute Gasteiger partial charge is 0.238 e. The molecule has 0 aliphatic rings. The minimum atomic E-state index is -3.72. The molecule has 2 N–H and O–H groups in total. The number of nitrogens with zero attached hydrogens (tertiary/aromatic N) is 8. The van der Waals surface area contributed by atoms with Gasteiger partial charge in [-0.05, 0) is 85.6 Å². The van der Waals surface area contributed by atoms with Crippen molar-refractivity contribution >= 4 is 41.7 Å². The third-order valence-corrected chi connectivity index (χ3v) is 11.4. The molecule has 54 heavy (non-hydrogen) atoms. The molecular formula is C39H39N9O4S2. The molecule has 4 heterocycles. The molecule has 0 saturated carbocycles. The molecule has 0 fully saturated rings. The highest BCUT2D eigenvalue weighted by molar-refractivity contribution is 7.90. The van der Waals surface area contributed by atoms with Crippen molar-refractivity contribution in [2.45, 2.75) is 36.5 Å². The summed E-state index contributed by atoms with van der Waals surface area (Å²) in [4.78, 5) is 0.365. The van der Waals surface area contributed by atoms with Crippen molar-refractivity contribution in [2.24, 2.45) is 19.2 Å². The van der Waals surface area contributed by atoms with E-state index in [9.17, 15) is 16.8 Å². The van der Waals surface area contributed by atoms with Crippen LogP contribution < -0.4 is 5.14 Å². The number of sulfonamides is 1. The number of primary sulfonamides is 1. The van der Waals surface area contributed by atoms with E-state index < -0.39 is 19.9 Å². The second-order valence-corrected chi connectivity index (χ2v) is 16.5. The number of aryl methyl sites for hydroxylation is 4. The lowest BCUT2D eigenvalue weighted by atomic mass is 10.1. The zero-order chi connectivity index (χ0) is 38.4. The molecular weight excluding hydrogens is 723 g/mol. The molecule has 0 radical (unpaired) electrons. The Morgan fingerprint density at radius 1 is 0.574 bits per heavy atom. The van der Waals surface area contributed by atoms with Gasteiger partial charge in [0.15, 0.2) is 9.84 Å². The summed E-state index contributed by atoms with van der Waals surface area (Å²) in [5, 5.41) is 25.5. The predicted molar refractivity (Wildman–Crippen MR) is 210 cm³/mol. The van der Waals surface area contributed by atoms with E-state index in [0.717, 1.165) is 68.5 Å². The standard InChI is InChI=1S/C20H20N4O2S.C19H19N5O2S/c1-4-19-17-10-5-14(13-18(17)22-23(19)2)20-11-12-21-24(20)15-6-8-16(9-7-15)27(3,25)26;1-3-18-16-9-4-13(12-17(16)22-23(18)2)19-10-11-21-24(19)14-5-7-15(8-6-14)27(20,25)26/h5-13H,4H2,1-3H3;4-12H,3H2,1-2H3,(H2,20,25,26). The zero-order valence-corrected chi connectivity index (χ0v) is 32.0. The molecule has 4 aromatic heterocycles. The monoisotopic (exact) mass is 761 g/mol. The van der Waals surface area contributed by atoms with Crippen molar-refractivity contribution in [3.63, 3.8) is 0 Å². The first kappa shape index (κ1) is 36.5. The van der Waals surface area contributed by atoms with E-state index in [-0.39, 0.29) is 4.90 Å². The van der Waals surface area contributed by atoms with Crippen LogP contribution in [0.4, 0.5) is 0 Å². The van der Waals surface area contributed by atoms with Crippen LogP contribution in [0, 0.1) is 0 Å². The van der Waals surface area contributed by atoms with Crippen molar-refractivity contribution in [1.29, 1.82) is 0 Å². The van der Waals surface area contributed by atoms with Gasteiger partial charge in [0.05, 0.1) is 56.0 Å². The Bertz CT molecular complexity index is 2670. The van der Waals surface area contributed by atoms with Gasteiger partial charge in [-0.25, -0.2) is 31.3 Å². The summed E-state index contributed by atoms with van der Waals surface area (Å²) < 4.78 is 53.6. The van der Waals surface area contributed by atoms with Crippen LogP contribution in [0.25, 0.3) is 55.7 Å². The first-order valence-electron chi connectivity index (χ1n) is 17.2. The Kier molecular flexibility index (Phi) is 9.55. The predicted octanol–water partition coefficient (Wildman–Crippen LogP) is 6.03. The largest absolute Gasteiger partial charge is 0.271 e. The average Bonchev–Trinajstić information content (AvgIpc) is 3.95. The Morgan fingerprint density at radius 3 is 1.35 bits per heavy atom. The first-order valence-corrected chi connectivity index (χ1v) is 20.6. The Morgan fingerprint density at radius 2 is 0.981 bits per heavy atom. The van der Waals surface area contributed by atoms with Crippen molar-refractivity contribution < 1.29 is 16.8 Å². The second-order valence-electron chi connectivity index (χ2n) is 12.9. The summed E-state index contributed by atoms with van der Waals surface area (Å²) in [6.45, 7) is 4.24. The van der Waals surface area contributed by atoms with Gasteiger partial charge < -0.3 is 0 Å². The fourth-order valence-corrected chi connectivity index (χ4v) is 7.88. The van der Waals surface area contributed by atoms with Crippen LogP contribution in [0.5, 0.6) is 0 Å². The number of fused-ring (bicyclic) bond motifs is 2. The van der Waals surface area contributed by atoms with Gasteiger partial charge in [-0.2, -0.15) is 20.4 Å². The van der Waals surface area contributed by atoms with Gasteiger partial charge in [-0.15, -0.1) is 0 Å². The summed E-state index contributed by atoms with van der Waals surface area (Å²) in [5.41, 5.74) is 9.65. The number of aromatic nitrogens is 8. The lowest BCUT2D eigenvalue weighted by molar-refractivity contribution is 0.597. The highest BCUT2D eigenvalue weighted by Gasteiger charge is 2.15. The van der Waals surface area contributed by atoms with E-state index in [1.807, 2.05) is 41.7 Å². The fourth-order valence-electron chi connectivity index (χ4n) is 6.73. The minimum absolute atomic E-state index is 0.0713. The van der Waals surface area contributed by atoms with Crippen molar-refractivity contribution in [2.75, 3.05) is 6.26 Å². The van der Waals surface area contributed by atoms with Gasteiger partial charge >= 0.3 is 0 Å². The maximum Gasteiger partial charge on any atom is 0.238 e. The Balaban J connectivity index is 0.000000167. The second kappa shape index (κ2) is 14.2. The lowest BCUT2D eigenvalue weighted by Gasteiger charge is -2.09. The number of benzene rings is 4. The average molecular weight is 762 g/mol. The molecule has 8 rings (SSSR count). The van der Waals surface area contributed by atoms with Crippen LogP contribution in [0.2, 0.25) is 0 Å². The highest BCUT2D eigenvalue weighted by Crippen LogP contribution is 2.29. The van der Waals surface area contributed by atoms with E-state index in [0.29, 0.717) is 4.90 Å². The maximum absolute atomic E-state index is 11.7. The van der Waals surface area contributed by atoms with Crippen LogP contribution in [-0.4, -0.2) is 62.2 Å². The summed E-state index contributed by atoms with van der Waals surface area (Å²) >= 11 is 0. The molecule has 13 nitrogen and oxygen atoms in total. The van der Waals surface area contributed by atoms with Gasteiger partial charge in [0.2, 0.25) is 10.0 Å². The molecule has 276 valence electrons. The summed E-state index contributed by atoms with van der Waals surface area (Å²) in [6, 6.07) is 29.3. The number of nitrogens with two attached hydrogens (primary N) is 1. The molecule has 15 heteroatoms. The molecule has 0 aliphatic carbocycles. The molecule has 0 unspecified atom stereocenters. The first-order chi connectivity index (χ1) is 25.8. The van der Waals surface area contributed by atoms with Gasteiger partial charge in [0.25, 0.3) is 0 Å². The molecule has 0 amide bonds. The number of rotatable bonds is 8. The van der Waals surface area contributed by atoms with Crippen LogP contribution in [0.3, 0.4) is 0 Å². The van der Waals surface area contributed by atoms with E-state index in [2.05, 4.69) is 64.6 Å². The van der Waals surface area contributed by atoms with Crippen LogP contribution in [-0.2, 0) is 46.8 Å². The third-order valence-electron chi connectivity index (χ3n) is 9.38. The van der Waals surface area contributed by atoms with E-state index in [1.165, 1.54) is 29.8 Å². The van der Waals surface area contributed by atoms with Crippen LogP contribution in [0.15, 0.2) is 119 Å². The third kappa shape index (κ3) is 6.96. The van der Waals surface area contributed by atoms with Gasteiger partial charge in [-0.1, -0.05) is 38.1 Å². The SMILES string of the molecule is CCc1c2ccc(-c3ccnn3-c3ccc(S(C)(=O)=O)cc3)cc2nn1C.CCc1c2ccc(-c3ccnn3-c3ccc(S(N)(=O)=O)cc3)cc2nn1C. The van der Waals surface area contributed by atoms with E-state index >= 15 is 0 Å². The number of hydrogen-bond donors (Lipinski definition) is 1.